The molecule has 0 spiro atoms. The van der Waals surface area contributed by atoms with Crippen LogP contribution in [0, 0.1) is 5.92 Å². The predicted octanol–water partition coefficient (Wildman–Crippen LogP) is -7.54. The summed E-state index contributed by atoms with van der Waals surface area (Å²) in [5.41, 5.74) is 26.6. The summed E-state index contributed by atoms with van der Waals surface area (Å²) in [6.07, 6.45) is -1.38. The predicted molar refractivity (Wildman–Crippen MR) is 193 cm³/mol. The third-order valence-corrected chi connectivity index (χ3v) is 7.55. The number of aliphatic hydroxyl groups is 3. The minimum absolute atomic E-state index is 0.0417. The zero-order valence-corrected chi connectivity index (χ0v) is 30.8. The van der Waals surface area contributed by atoms with E-state index in [1.54, 1.807) is 13.8 Å². The molecule has 20 N–H and O–H groups in total. The van der Waals surface area contributed by atoms with Crippen LogP contribution in [0.2, 0.25) is 0 Å². The number of carboxylic acids is 1. The number of carbonyl (C=O) groups excluding carboxylic acids is 6. The van der Waals surface area contributed by atoms with Gasteiger partial charge in [0.25, 0.3) is 0 Å². The summed E-state index contributed by atoms with van der Waals surface area (Å²) in [6, 6.07) is -10.0. The Morgan fingerprint density at radius 2 is 1.02 bits per heavy atom. The fourth-order valence-electron chi connectivity index (χ4n) is 4.46. The SMILES string of the molecule is CC(C)[C@H](NC(=O)[C@H](CCCN=C(N)N)NC(=O)[C@H](C)NC(=O)[C@@H](N)CO)C(=O)N[C@H](C(=O)N[C@@H](CO)C(=O)N[C@@H](CCCN=C(N)N)C(=O)O)[C@@H](C)O. The molecule has 24 nitrogen and oxygen atoms in total. The van der Waals surface area contributed by atoms with Crippen LogP contribution in [0.5, 0.6) is 0 Å². The number of carboxylic acid groups (broad SMARTS) is 1. The summed E-state index contributed by atoms with van der Waals surface area (Å²) in [4.78, 5) is 97.1. The highest BCUT2D eigenvalue weighted by Crippen LogP contribution is 2.08. The Morgan fingerprint density at radius 1 is 0.574 bits per heavy atom. The van der Waals surface area contributed by atoms with Crippen LogP contribution < -0.4 is 60.6 Å². The number of aliphatic carboxylic acids is 1. The first-order chi connectivity index (χ1) is 25.2. The molecule has 0 aromatic rings. The molecule has 54 heavy (non-hydrogen) atoms. The lowest BCUT2D eigenvalue weighted by atomic mass is 10.0. The molecule has 0 radical (unpaired) electrons. The topological polar surface area (TPSA) is 427 Å². The van der Waals surface area contributed by atoms with Gasteiger partial charge in [-0.05, 0) is 45.4 Å². The highest BCUT2D eigenvalue weighted by Gasteiger charge is 2.35. The van der Waals surface area contributed by atoms with Crippen molar-refractivity contribution in [1.82, 2.24) is 31.9 Å². The van der Waals surface area contributed by atoms with Crippen molar-refractivity contribution >= 4 is 53.3 Å². The van der Waals surface area contributed by atoms with Gasteiger partial charge in [0.15, 0.2) is 11.9 Å². The average molecular weight is 776 g/mol. The molecule has 0 aliphatic heterocycles. The van der Waals surface area contributed by atoms with Crippen LogP contribution in [-0.2, 0) is 33.6 Å². The molecule has 0 saturated carbocycles. The van der Waals surface area contributed by atoms with Crippen LogP contribution in [0.4, 0.5) is 0 Å². The van der Waals surface area contributed by atoms with Gasteiger partial charge in [0, 0.05) is 13.1 Å². The van der Waals surface area contributed by atoms with E-state index >= 15 is 0 Å². The summed E-state index contributed by atoms with van der Waals surface area (Å²) in [5, 5.41) is 52.7. The molecule has 6 amide bonds. The van der Waals surface area contributed by atoms with Crippen LogP contribution in [0.1, 0.15) is 53.4 Å². The van der Waals surface area contributed by atoms with E-state index in [1.807, 2.05) is 0 Å². The van der Waals surface area contributed by atoms with Crippen molar-refractivity contribution in [3.8, 4) is 0 Å². The smallest absolute Gasteiger partial charge is 0.326 e. The van der Waals surface area contributed by atoms with Crippen molar-refractivity contribution in [3.63, 3.8) is 0 Å². The standard InChI is InChI=1S/C30H57N13O11/c1-13(2)20(42-24(49)17(7-5-9-36-29(32)33)39-22(47)14(3)38-23(48)16(31)11-44)26(51)43-21(15(4)46)27(52)41-19(12-45)25(50)40-18(28(53)54)8-6-10-37-30(34)35/h13-21,44-46H,5-12,31H2,1-4H3,(H,38,48)(H,39,47)(H,40,50)(H,41,52)(H,42,49)(H,43,51)(H,53,54)(H4,32,33,36)(H4,34,35,37)/t14-,15+,16-,17-,18-,19-,20-,21-/m0/s1. The molecular weight excluding hydrogens is 718 g/mol. The molecule has 0 saturated heterocycles. The second kappa shape index (κ2) is 24.8. The van der Waals surface area contributed by atoms with Crippen molar-refractivity contribution in [1.29, 1.82) is 0 Å². The largest absolute Gasteiger partial charge is 0.480 e. The highest BCUT2D eigenvalue weighted by atomic mass is 16.4. The highest BCUT2D eigenvalue weighted by molar-refractivity contribution is 5.97. The molecule has 308 valence electrons. The number of nitrogens with zero attached hydrogens (tertiary/aromatic N) is 2. The molecule has 0 aliphatic carbocycles. The third kappa shape index (κ3) is 18.4. The van der Waals surface area contributed by atoms with Crippen molar-refractivity contribution in [3.05, 3.63) is 0 Å². The lowest BCUT2D eigenvalue weighted by Crippen LogP contribution is -2.62. The number of nitrogens with one attached hydrogen (secondary N) is 6. The minimum atomic E-state index is -1.74. The van der Waals surface area contributed by atoms with Crippen LogP contribution in [0.15, 0.2) is 9.98 Å². The third-order valence-electron chi connectivity index (χ3n) is 7.55. The van der Waals surface area contributed by atoms with Gasteiger partial charge in [0.1, 0.15) is 42.3 Å². The summed E-state index contributed by atoms with van der Waals surface area (Å²) in [7, 11) is 0. The Morgan fingerprint density at radius 3 is 1.46 bits per heavy atom. The summed E-state index contributed by atoms with van der Waals surface area (Å²) in [5.74, 6) is -8.14. The molecule has 0 fully saturated rings. The second-order valence-electron chi connectivity index (χ2n) is 12.6. The molecule has 0 aliphatic rings. The van der Waals surface area contributed by atoms with Crippen LogP contribution in [-0.4, -0.2) is 148 Å². The summed E-state index contributed by atoms with van der Waals surface area (Å²) < 4.78 is 0. The Hall–Kier alpha value is -5.33. The van der Waals surface area contributed by atoms with Crippen molar-refractivity contribution in [2.45, 2.75) is 102 Å². The number of amides is 6. The van der Waals surface area contributed by atoms with Gasteiger partial charge in [0.05, 0.1) is 19.3 Å². The van der Waals surface area contributed by atoms with E-state index < -0.39 is 109 Å². The minimum Gasteiger partial charge on any atom is -0.480 e. The van der Waals surface area contributed by atoms with E-state index in [0.717, 1.165) is 6.92 Å². The zero-order valence-electron chi connectivity index (χ0n) is 30.8. The van der Waals surface area contributed by atoms with E-state index in [4.69, 9.17) is 33.8 Å². The van der Waals surface area contributed by atoms with Gasteiger partial charge < -0.3 is 81.0 Å². The maximum Gasteiger partial charge on any atom is 0.326 e. The first kappa shape index (κ1) is 48.7. The Kier molecular flexibility index (Phi) is 22.4. The van der Waals surface area contributed by atoms with Crippen molar-refractivity contribution < 1.29 is 54.0 Å². The van der Waals surface area contributed by atoms with Gasteiger partial charge in [-0.15, -0.1) is 0 Å². The molecule has 0 heterocycles. The molecule has 8 atom stereocenters. The van der Waals surface area contributed by atoms with Gasteiger partial charge in [-0.2, -0.15) is 0 Å². The van der Waals surface area contributed by atoms with Crippen molar-refractivity contribution in [2.75, 3.05) is 26.3 Å². The van der Waals surface area contributed by atoms with E-state index in [9.17, 15) is 48.9 Å². The van der Waals surface area contributed by atoms with Gasteiger partial charge in [-0.1, -0.05) is 13.8 Å². The number of guanidine groups is 2. The molecular formula is C30H57N13O11. The second-order valence-corrected chi connectivity index (χ2v) is 12.6. The number of rotatable bonds is 25. The lowest BCUT2D eigenvalue weighted by Gasteiger charge is -2.29. The van der Waals surface area contributed by atoms with E-state index in [0.29, 0.717) is 0 Å². The summed E-state index contributed by atoms with van der Waals surface area (Å²) in [6.45, 7) is 4.04. The monoisotopic (exact) mass is 775 g/mol. The fraction of sp³-hybridized carbons (Fsp3) is 0.700. The summed E-state index contributed by atoms with van der Waals surface area (Å²) >= 11 is 0. The Bertz CT molecular complexity index is 1340. The molecule has 0 aromatic heterocycles. The maximum absolute atomic E-state index is 13.5. The average Bonchev–Trinajstić information content (AvgIpc) is 3.09. The lowest BCUT2D eigenvalue weighted by molar-refractivity contribution is -0.143. The Labute approximate surface area is 311 Å². The number of aliphatic hydroxyl groups excluding tert-OH is 3. The quantitative estimate of drug-likeness (QED) is 0.0233. The molecule has 0 unspecified atom stereocenters. The molecule has 0 rings (SSSR count). The Balaban J connectivity index is 5.92. The van der Waals surface area contributed by atoms with E-state index in [1.165, 1.54) is 6.92 Å². The van der Waals surface area contributed by atoms with Gasteiger partial charge in [-0.3, -0.25) is 38.8 Å². The number of hydrogen-bond acceptors (Lipinski definition) is 13. The number of hydrogen-bond donors (Lipinski definition) is 15. The normalized spacial score (nSPS) is 15.4. The van der Waals surface area contributed by atoms with E-state index in [-0.39, 0.29) is 50.7 Å². The van der Waals surface area contributed by atoms with Gasteiger partial charge in [-0.25, -0.2) is 4.79 Å². The number of carbonyl (C=O) groups is 7. The van der Waals surface area contributed by atoms with Crippen LogP contribution in [0.3, 0.4) is 0 Å². The van der Waals surface area contributed by atoms with Crippen molar-refractivity contribution in [2.24, 2.45) is 44.6 Å². The fourth-order valence-corrected chi connectivity index (χ4v) is 4.46. The molecule has 24 heteroatoms. The number of nitrogens with two attached hydrogens (primary N) is 5. The molecule has 0 aromatic carbocycles. The van der Waals surface area contributed by atoms with E-state index in [2.05, 4.69) is 41.9 Å². The van der Waals surface area contributed by atoms with Crippen LogP contribution >= 0.6 is 0 Å². The maximum atomic E-state index is 13.5. The molecule has 0 bridgehead atoms. The zero-order chi connectivity index (χ0) is 41.7. The first-order valence-corrected chi connectivity index (χ1v) is 17.0. The van der Waals surface area contributed by atoms with Gasteiger partial charge >= 0.3 is 5.97 Å². The first-order valence-electron chi connectivity index (χ1n) is 17.0. The van der Waals surface area contributed by atoms with Gasteiger partial charge in [0.2, 0.25) is 35.4 Å². The van der Waals surface area contributed by atoms with Crippen LogP contribution in [0.25, 0.3) is 0 Å². The number of aliphatic imine (C=N–C) groups is 2.